The Hall–Kier alpha value is -0.810. The third-order valence-corrected chi connectivity index (χ3v) is 3.96. The number of carbonyl (C=O) groups excluding carboxylic acids is 1. The zero-order valence-corrected chi connectivity index (χ0v) is 12.9. The van der Waals surface area contributed by atoms with Crippen molar-refractivity contribution in [2.45, 2.75) is 19.4 Å². The highest BCUT2D eigenvalue weighted by Gasteiger charge is 2.41. The molecule has 1 fully saturated rings. The molecule has 4 nitrogen and oxygen atoms in total. The van der Waals surface area contributed by atoms with Gasteiger partial charge in [-0.15, -0.1) is 0 Å². The van der Waals surface area contributed by atoms with Crippen molar-refractivity contribution in [3.63, 3.8) is 0 Å². The van der Waals surface area contributed by atoms with Gasteiger partial charge in [0.1, 0.15) is 11.4 Å². The van der Waals surface area contributed by atoms with Gasteiger partial charge in [-0.05, 0) is 35.8 Å². The van der Waals surface area contributed by atoms with Gasteiger partial charge in [-0.25, -0.2) is 4.98 Å². The summed E-state index contributed by atoms with van der Waals surface area (Å²) in [5, 5.41) is 0.551. The predicted molar refractivity (Wildman–Crippen MR) is 76.0 cm³/mol. The highest BCUT2D eigenvalue weighted by atomic mass is 79.9. The topological polar surface area (TPSA) is 36.4 Å². The number of halogens is 2. The first-order chi connectivity index (χ1) is 8.34. The molecule has 0 bridgehead atoms. The number of carbonyl (C=O) groups is 1. The van der Waals surface area contributed by atoms with Crippen LogP contribution in [0.25, 0.3) is 0 Å². The van der Waals surface area contributed by atoms with Gasteiger partial charge < -0.3 is 9.80 Å². The molecule has 1 aromatic heterocycles. The van der Waals surface area contributed by atoms with Crippen molar-refractivity contribution < 1.29 is 4.79 Å². The number of hydrogen-bond donors (Lipinski definition) is 0. The van der Waals surface area contributed by atoms with Crippen LogP contribution in [0.4, 0.5) is 5.82 Å². The van der Waals surface area contributed by atoms with Gasteiger partial charge in [-0.2, -0.15) is 0 Å². The number of anilines is 1. The van der Waals surface area contributed by atoms with Crippen LogP contribution in [0.2, 0.25) is 5.02 Å². The summed E-state index contributed by atoms with van der Waals surface area (Å²) in [5.41, 5.74) is -0.628. The Morgan fingerprint density at radius 2 is 2.11 bits per heavy atom. The van der Waals surface area contributed by atoms with E-state index in [9.17, 15) is 4.79 Å². The maximum atomic E-state index is 12.2. The summed E-state index contributed by atoms with van der Waals surface area (Å²) >= 11 is 9.54. The Morgan fingerprint density at radius 3 is 2.72 bits per heavy atom. The summed E-state index contributed by atoms with van der Waals surface area (Å²) in [6.07, 6.45) is 1.69. The fraction of sp³-hybridized carbons (Fsp3) is 0.500. The van der Waals surface area contributed by atoms with Gasteiger partial charge in [-0.1, -0.05) is 11.6 Å². The fourth-order valence-electron chi connectivity index (χ4n) is 2.19. The lowest BCUT2D eigenvalue weighted by Gasteiger charge is -2.45. The fourth-order valence-corrected chi connectivity index (χ4v) is 2.92. The van der Waals surface area contributed by atoms with E-state index in [0.717, 1.165) is 11.0 Å². The molecule has 1 aliphatic rings. The van der Waals surface area contributed by atoms with Crippen molar-refractivity contribution in [2.75, 3.05) is 25.0 Å². The number of nitrogens with zero attached hydrogens (tertiary/aromatic N) is 3. The van der Waals surface area contributed by atoms with E-state index in [-0.39, 0.29) is 5.91 Å². The number of rotatable bonds is 1. The van der Waals surface area contributed by atoms with Crippen molar-refractivity contribution in [1.82, 2.24) is 9.88 Å². The van der Waals surface area contributed by atoms with Gasteiger partial charge in [0.05, 0.1) is 5.02 Å². The molecule has 0 unspecified atom stereocenters. The summed E-state index contributed by atoms with van der Waals surface area (Å²) < 4.78 is 0.828. The first kappa shape index (κ1) is 13.6. The maximum Gasteiger partial charge on any atom is 0.247 e. The molecule has 0 atom stereocenters. The summed E-state index contributed by atoms with van der Waals surface area (Å²) in [6, 6.07) is 1.79. The minimum atomic E-state index is -0.628. The van der Waals surface area contributed by atoms with E-state index >= 15 is 0 Å². The smallest absolute Gasteiger partial charge is 0.247 e. The molecule has 1 aliphatic heterocycles. The molecule has 0 aromatic carbocycles. The van der Waals surface area contributed by atoms with Gasteiger partial charge in [0, 0.05) is 30.8 Å². The summed E-state index contributed by atoms with van der Waals surface area (Å²) in [6.45, 7) is 5.19. The molecule has 6 heteroatoms. The summed E-state index contributed by atoms with van der Waals surface area (Å²) in [7, 11) is 1.82. The number of amides is 1. The molecule has 1 saturated heterocycles. The second-order valence-corrected chi connectivity index (χ2v) is 6.22. The average Bonchev–Trinajstić information content (AvgIpc) is 2.28. The van der Waals surface area contributed by atoms with Crippen LogP contribution in [0.3, 0.4) is 0 Å². The highest BCUT2D eigenvalue weighted by molar-refractivity contribution is 9.10. The SMILES string of the molecule is CN1CCN(c2ncc(Br)cc2Cl)C(C)(C)C1=O. The van der Waals surface area contributed by atoms with Crippen LogP contribution in [-0.4, -0.2) is 41.5 Å². The monoisotopic (exact) mass is 331 g/mol. The lowest BCUT2D eigenvalue weighted by atomic mass is 9.98. The number of hydrogen-bond acceptors (Lipinski definition) is 3. The highest BCUT2D eigenvalue weighted by Crippen LogP contribution is 2.33. The van der Waals surface area contributed by atoms with E-state index in [1.165, 1.54) is 0 Å². The van der Waals surface area contributed by atoms with E-state index in [1.807, 2.05) is 25.8 Å². The van der Waals surface area contributed by atoms with Gasteiger partial charge in [0.2, 0.25) is 5.91 Å². The van der Waals surface area contributed by atoms with Gasteiger partial charge >= 0.3 is 0 Å². The van der Waals surface area contributed by atoms with Gasteiger partial charge in [-0.3, -0.25) is 4.79 Å². The Kier molecular flexibility index (Phi) is 3.56. The van der Waals surface area contributed by atoms with Crippen molar-refractivity contribution in [3.8, 4) is 0 Å². The van der Waals surface area contributed by atoms with Crippen LogP contribution in [0.1, 0.15) is 13.8 Å². The van der Waals surface area contributed by atoms with Gasteiger partial charge in [0.15, 0.2) is 0 Å². The van der Waals surface area contributed by atoms with E-state index < -0.39 is 5.54 Å². The number of pyridine rings is 1. The maximum absolute atomic E-state index is 12.2. The van der Waals surface area contributed by atoms with E-state index in [4.69, 9.17) is 11.6 Å². The normalized spacial score (nSPS) is 19.3. The zero-order valence-electron chi connectivity index (χ0n) is 10.6. The molecule has 1 aromatic rings. The summed E-state index contributed by atoms with van der Waals surface area (Å²) in [5.74, 6) is 0.737. The van der Waals surface area contributed by atoms with E-state index in [1.54, 1.807) is 17.2 Å². The number of aromatic nitrogens is 1. The van der Waals surface area contributed by atoms with Gasteiger partial charge in [0.25, 0.3) is 0 Å². The average molecular weight is 333 g/mol. The first-order valence-corrected chi connectivity index (χ1v) is 6.85. The Labute approximate surface area is 120 Å². The largest absolute Gasteiger partial charge is 0.342 e. The van der Waals surface area contributed by atoms with Crippen molar-refractivity contribution >= 4 is 39.3 Å². The Bertz CT molecular complexity index is 492. The molecule has 0 aliphatic carbocycles. The molecule has 0 N–H and O–H groups in total. The standard InChI is InChI=1S/C12H15BrClN3O/c1-12(2)11(18)16(3)4-5-17(12)10-9(14)6-8(13)7-15-10/h6-7H,4-5H2,1-3H3. The quantitative estimate of drug-likeness (QED) is 0.793. The number of piperazine rings is 1. The molecule has 0 radical (unpaired) electrons. The molecule has 18 heavy (non-hydrogen) atoms. The minimum Gasteiger partial charge on any atom is -0.342 e. The number of likely N-dealkylation sites (N-methyl/N-ethyl adjacent to an activating group) is 1. The molecule has 98 valence electrons. The Balaban J connectivity index is 2.41. The molecular formula is C12H15BrClN3O. The molecular weight excluding hydrogens is 318 g/mol. The predicted octanol–water partition coefficient (Wildman–Crippen LogP) is 2.55. The molecule has 0 saturated carbocycles. The van der Waals surface area contributed by atoms with Crippen molar-refractivity contribution in [3.05, 3.63) is 21.8 Å². The van der Waals surface area contributed by atoms with E-state index in [0.29, 0.717) is 17.4 Å². The lowest BCUT2D eigenvalue weighted by molar-refractivity contribution is -0.136. The van der Waals surface area contributed by atoms with E-state index in [2.05, 4.69) is 20.9 Å². The van der Waals surface area contributed by atoms with Crippen molar-refractivity contribution in [2.24, 2.45) is 0 Å². The van der Waals surface area contributed by atoms with Crippen LogP contribution in [0.15, 0.2) is 16.7 Å². The third kappa shape index (κ3) is 2.21. The first-order valence-electron chi connectivity index (χ1n) is 5.68. The van der Waals surface area contributed by atoms with Crippen LogP contribution in [0, 0.1) is 0 Å². The molecule has 1 amide bonds. The lowest BCUT2D eigenvalue weighted by Crippen LogP contribution is -2.62. The second-order valence-electron chi connectivity index (χ2n) is 4.90. The minimum absolute atomic E-state index is 0.0783. The zero-order chi connectivity index (χ0) is 13.5. The Morgan fingerprint density at radius 1 is 1.44 bits per heavy atom. The van der Waals surface area contributed by atoms with Crippen LogP contribution in [-0.2, 0) is 4.79 Å². The molecule has 0 spiro atoms. The van der Waals surface area contributed by atoms with Crippen LogP contribution < -0.4 is 4.90 Å². The van der Waals surface area contributed by atoms with Crippen molar-refractivity contribution in [1.29, 1.82) is 0 Å². The van der Waals surface area contributed by atoms with Crippen LogP contribution in [0.5, 0.6) is 0 Å². The molecule has 2 heterocycles. The summed E-state index contributed by atoms with van der Waals surface area (Å²) in [4.78, 5) is 20.2. The third-order valence-electron chi connectivity index (χ3n) is 3.25. The van der Waals surface area contributed by atoms with Crippen LogP contribution >= 0.6 is 27.5 Å². The molecule has 2 rings (SSSR count). The second kappa shape index (κ2) is 4.70.